The highest BCUT2D eigenvalue weighted by atomic mass is 35.5. The Morgan fingerprint density at radius 2 is 1.73 bits per heavy atom. The van der Waals surface area contributed by atoms with Crippen LogP contribution in [0.1, 0.15) is 32.4 Å². The second-order valence-corrected chi connectivity index (χ2v) is 5.79. The summed E-state index contributed by atoms with van der Waals surface area (Å²) in [6.07, 6.45) is -5.76. The summed E-state index contributed by atoms with van der Waals surface area (Å²) in [5, 5.41) is 10.2. The molecule has 0 heterocycles. The molecule has 8 heteroatoms. The average Bonchev–Trinajstić information content (AvgIpc) is 2.34. The predicted octanol–water partition coefficient (Wildman–Crippen LogP) is 3.42. The van der Waals surface area contributed by atoms with Crippen LogP contribution in [0.2, 0.25) is 0 Å². The number of hydrogen-bond donors (Lipinski definition) is 2. The molecule has 4 nitrogen and oxygen atoms in total. The van der Waals surface area contributed by atoms with E-state index in [1.165, 1.54) is 13.2 Å². The molecule has 22 heavy (non-hydrogen) atoms. The standard InChI is InChI=1S/C14H20F3NO3.ClH/c1-13(2,3)12(19)11(18)9-7-8(21-14(15,16)17)5-6-10(9)20-4;/h5-7,11-12,19H,18H2,1-4H3;1H/t11-,12-;/m1./s1. The van der Waals surface area contributed by atoms with E-state index in [0.717, 1.165) is 12.1 Å². The highest BCUT2D eigenvalue weighted by molar-refractivity contribution is 5.85. The molecule has 0 spiro atoms. The van der Waals surface area contributed by atoms with Crippen LogP contribution in [0.4, 0.5) is 13.2 Å². The molecule has 0 saturated carbocycles. The summed E-state index contributed by atoms with van der Waals surface area (Å²) < 4.78 is 45.8. The van der Waals surface area contributed by atoms with Crippen molar-refractivity contribution in [3.05, 3.63) is 23.8 Å². The molecule has 1 aromatic carbocycles. The Morgan fingerprint density at radius 3 is 2.14 bits per heavy atom. The van der Waals surface area contributed by atoms with Crippen LogP contribution >= 0.6 is 12.4 Å². The van der Waals surface area contributed by atoms with E-state index in [9.17, 15) is 18.3 Å². The molecular formula is C14H21ClF3NO3. The van der Waals surface area contributed by atoms with E-state index in [0.29, 0.717) is 5.75 Å². The Balaban J connectivity index is 0.00000441. The highest BCUT2D eigenvalue weighted by Crippen LogP contribution is 2.36. The number of aliphatic hydroxyl groups is 1. The quantitative estimate of drug-likeness (QED) is 0.879. The lowest BCUT2D eigenvalue weighted by Crippen LogP contribution is -2.37. The number of ether oxygens (including phenoxy) is 2. The van der Waals surface area contributed by atoms with Gasteiger partial charge in [-0.25, -0.2) is 0 Å². The van der Waals surface area contributed by atoms with Gasteiger partial charge < -0.3 is 20.3 Å². The number of alkyl halides is 3. The van der Waals surface area contributed by atoms with Gasteiger partial charge in [-0.3, -0.25) is 0 Å². The predicted molar refractivity (Wildman–Crippen MR) is 79.3 cm³/mol. The van der Waals surface area contributed by atoms with Gasteiger partial charge in [0.15, 0.2) is 0 Å². The van der Waals surface area contributed by atoms with Crippen molar-refractivity contribution in [2.45, 2.75) is 39.3 Å². The summed E-state index contributed by atoms with van der Waals surface area (Å²) in [6.45, 7) is 5.33. The zero-order valence-corrected chi connectivity index (χ0v) is 13.6. The number of aliphatic hydroxyl groups excluding tert-OH is 1. The molecule has 3 N–H and O–H groups in total. The third kappa shape index (κ3) is 5.55. The van der Waals surface area contributed by atoms with Crippen LogP contribution in [0.25, 0.3) is 0 Å². The molecule has 0 fully saturated rings. The Morgan fingerprint density at radius 1 is 1.18 bits per heavy atom. The molecule has 0 aliphatic heterocycles. The van der Waals surface area contributed by atoms with Crippen molar-refractivity contribution in [2.24, 2.45) is 11.1 Å². The number of benzene rings is 1. The van der Waals surface area contributed by atoms with E-state index in [4.69, 9.17) is 10.5 Å². The van der Waals surface area contributed by atoms with E-state index in [1.54, 1.807) is 20.8 Å². The van der Waals surface area contributed by atoms with Gasteiger partial charge in [-0.1, -0.05) is 20.8 Å². The Kier molecular flexibility index (Phi) is 6.99. The lowest BCUT2D eigenvalue weighted by Gasteiger charge is -2.31. The van der Waals surface area contributed by atoms with Gasteiger partial charge in [-0.05, 0) is 23.6 Å². The van der Waals surface area contributed by atoms with Gasteiger partial charge in [0.1, 0.15) is 11.5 Å². The van der Waals surface area contributed by atoms with Crippen molar-refractivity contribution in [3.63, 3.8) is 0 Å². The monoisotopic (exact) mass is 343 g/mol. The molecule has 0 amide bonds. The second kappa shape index (κ2) is 7.39. The average molecular weight is 344 g/mol. The zero-order valence-electron chi connectivity index (χ0n) is 12.8. The fourth-order valence-corrected chi connectivity index (χ4v) is 1.88. The number of nitrogens with two attached hydrogens (primary N) is 1. The molecule has 2 atom stereocenters. The van der Waals surface area contributed by atoms with Crippen molar-refractivity contribution >= 4 is 12.4 Å². The number of rotatable bonds is 4. The smallest absolute Gasteiger partial charge is 0.496 e. The molecule has 0 aliphatic carbocycles. The lowest BCUT2D eigenvalue weighted by molar-refractivity contribution is -0.274. The van der Waals surface area contributed by atoms with Crippen molar-refractivity contribution in [3.8, 4) is 11.5 Å². The van der Waals surface area contributed by atoms with Crippen molar-refractivity contribution in [1.29, 1.82) is 0 Å². The first-order valence-corrected chi connectivity index (χ1v) is 6.33. The van der Waals surface area contributed by atoms with Gasteiger partial charge in [0, 0.05) is 5.56 Å². The SMILES string of the molecule is COc1ccc(OC(F)(F)F)cc1[C@@H](N)[C@@H](O)C(C)(C)C.Cl. The molecule has 0 aromatic heterocycles. The summed E-state index contributed by atoms with van der Waals surface area (Å²) in [7, 11) is 1.37. The van der Waals surface area contributed by atoms with Gasteiger partial charge in [0.2, 0.25) is 0 Å². The van der Waals surface area contributed by atoms with Gasteiger partial charge in [0.05, 0.1) is 19.3 Å². The van der Waals surface area contributed by atoms with Crippen LogP contribution in [-0.2, 0) is 0 Å². The Bertz CT molecular complexity index is 489. The Labute approximate surface area is 133 Å². The van der Waals surface area contributed by atoms with Gasteiger partial charge in [0.25, 0.3) is 0 Å². The van der Waals surface area contributed by atoms with Crippen LogP contribution < -0.4 is 15.2 Å². The second-order valence-electron chi connectivity index (χ2n) is 5.79. The fourth-order valence-electron chi connectivity index (χ4n) is 1.88. The molecule has 0 bridgehead atoms. The molecule has 0 unspecified atom stereocenters. The van der Waals surface area contributed by atoms with Crippen LogP contribution in [0.3, 0.4) is 0 Å². The topological polar surface area (TPSA) is 64.7 Å². The maximum absolute atomic E-state index is 12.3. The zero-order chi connectivity index (χ0) is 16.4. The number of hydrogen-bond acceptors (Lipinski definition) is 4. The largest absolute Gasteiger partial charge is 0.573 e. The Hall–Kier alpha value is -1.18. The fraction of sp³-hybridized carbons (Fsp3) is 0.571. The van der Waals surface area contributed by atoms with Crippen LogP contribution in [0.5, 0.6) is 11.5 Å². The van der Waals surface area contributed by atoms with Crippen LogP contribution in [0.15, 0.2) is 18.2 Å². The first-order valence-electron chi connectivity index (χ1n) is 6.33. The van der Waals surface area contributed by atoms with Crippen molar-refractivity contribution < 1.29 is 27.8 Å². The summed E-state index contributed by atoms with van der Waals surface area (Å²) in [4.78, 5) is 0. The molecule has 128 valence electrons. The first-order chi connectivity index (χ1) is 9.45. The molecule has 0 aliphatic rings. The molecule has 0 saturated heterocycles. The lowest BCUT2D eigenvalue weighted by atomic mass is 9.82. The number of methoxy groups -OCH3 is 1. The van der Waals surface area contributed by atoms with Gasteiger partial charge in [-0.15, -0.1) is 25.6 Å². The third-order valence-electron chi connectivity index (χ3n) is 3.02. The van der Waals surface area contributed by atoms with E-state index in [2.05, 4.69) is 4.74 Å². The van der Waals surface area contributed by atoms with Gasteiger partial charge >= 0.3 is 6.36 Å². The molecule has 1 rings (SSSR count). The summed E-state index contributed by atoms with van der Waals surface area (Å²) in [6, 6.07) is 2.68. The molecule has 0 radical (unpaired) electrons. The maximum atomic E-state index is 12.3. The minimum atomic E-state index is -4.79. The minimum absolute atomic E-state index is 0. The van der Waals surface area contributed by atoms with Crippen LogP contribution in [0, 0.1) is 5.41 Å². The van der Waals surface area contributed by atoms with E-state index >= 15 is 0 Å². The number of halogens is 4. The molecular weight excluding hydrogens is 323 g/mol. The molecule has 1 aromatic rings. The van der Waals surface area contributed by atoms with Gasteiger partial charge in [-0.2, -0.15) is 0 Å². The highest BCUT2D eigenvalue weighted by Gasteiger charge is 2.33. The maximum Gasteiger partial charge on any atom is 0.573 e. The summed E-state index contributed by atoms with van der Waals surface area (Å²) in [5.41, 5.74) is 5.68. The summed E-state index contributed by atoms with van der Waals surface area (Å²) in [5.74, 6) is -0.116. The van der Waals surface area contributed by atoms with Crippen molar-refractivity contribution in [1.82, 2.24) is 0 Å². The van der Waals surface area contributed by atoms with Crippen molar-refractivity contribution in [2.75, 3.05) is 7.11 Å². The minimum Gasteiger partial charge on any atom is -0.496 e. The van der Waals surface area contributed by atoms with E-state index in [1.807, 2.05) is 0 Å². The third-order valence-corrected chi connectivity index (χ3v) is 3.02. The first kappa shape index (κ1) is 20.8. The normalized spacial score (nSPS) is 14.8. The summed E-state index contributed by atoms with van der Waals surface area (Å²) >= 11 is 0. The van der Waals surface area contributed by atoms with Crippen LogP contribution in [-0.4, -0.2) is 24.7 Å². The van der Waals surface area contributed by atoms with E-state index < -0.39 is 29.7 Å². The van der Waals surface area contributed by atoms with E-state index in [-0.39, 0.29) is 18.0 Å².